The average Bonchev–Trinajstić information content (AvgIpc) is 3.53. The highest BCUT2D eigenvalue weighted by molar-refractivity contribution is 7.90. The minimum atomic E-state index is -3.85. The molecule has 0 amide bonds. The molecule has 2 saturated carbocycles. The summed E-state index contributed by atoms with van der Waals surface area (Å²) in [5.41, 5.74) is 1.91. The van der Waals surface area contributed by atoms with Gasteiger partial charge in [0, 0.05) is 30.2 Å². The summed E-state index contributed by atoms with van der Waals surface area (Å²) in [6.07, 6.45) is 7.17. The van der Waals surface area contributed by atoms with Gasteiger partial charge in [-0.05, 0) is 63.6 Å². The fraction of sp³-hybridized carbons (Fsp3) is 0.500. The smallest absolute Gasteiger partial charge is 0.269 e. The van der Waals surface area contributed by atoms with Gasteiger partial charge in [0.15, 0.2) is 5.65 Å². The summed E-state index contributed by atoms with van der Waals surface area (Å²) in [5, 5.41) is 0.667. The Kier molecular flexibility index (Phi) is 7.06. The first-order valence-corrected chi connectivity index (χ1v) is 16.2. The number of pyridine rings is 1. The quantitative estimate of drug-likeness (QED) is 0.404. The Morgan fingerprint density at radius 2 is 1.76 bits per heavy atom. The number of nitrogens with zero attached hydrogens (tertiary/aromatic N) is 3. The van der Waals surface area contributed by atoms with Gasteiger partial charge in [-0.3, -0.25) is 0 Å². The lowest BCUT2D eigenvalue weighted by atomic mass is 9.99. The van der Waals surface area contributed by atoms with Crippen molar-refractivity contribution in [3.8, 4) is 0 Å². The van der Waals surface area contributed by atoms with Crippen molar-refractivity contribution in [3.63, 3.8) is 0 Å². The molecule has 0 radical (unpaired) electrons. The van der Waals surface area contributed by atoms with Crippen LogP contribution in [-0.4, -0.2) is 49.7 Å². The van der Waals surface area contributed by atoms with Gasteiger partial charge in [-0.2, -0.15) is 0 Å². The topological polar surface area (TPSA) is 101 Å². The molecule has 1 N–H and O–H groups in total. The number of likely N-dealkylation sites (N-methyl/N-ethyl adjacent to an activating group) is 1. The molecule has 2 fully saturated rings. The summed E-state index contributed by atoms with van der Waals surface area (Å²) >= 11 is 6.91. The predicted octanol–water partition coefficient (Wildman–Crippen LogP) is 4.70. The zero-order valence-corrected chi connectivity index (χ0v) is 23.7. The molecule has 0 aliphatic heterocycles. The van der Waals surface area contributed by atoms with E-state index in [0.29, 0.717) is 22.6 Å². The second-order valence-electron chi connectivity index (χ2n) is 10.1. The average molecular weight is 565 g/mol. The van der Waals surface area contributed by atoms with Crippen molar-refractivity contribution < 1.29 is 16.8 Å². The molecule has 8 nitrogen and oxygen atoms in total. The molecule has 0 bridgehead atoms. The third-order valence-corrected chi connectivity index (χ3v) is 11.8. The highest BCUT2D eigenvalue weighted by Gasteiger charge is 2.44. The Hall–Kier alpha value is -2.14. The summed E-state index contributed by atoms with van der Waals surface area (Å²) in [4.78, 5) is 6.85. The third kappa shape index (κ3) is 4.77. The number of aromatic nitrogens is 2. The summed E-state index contributed by atoms with van der Waals surface area (Å²) in [7, 11) is -7.20. The van der Waals surface area contributed by atoms with Crippen molar-refractivity contribution >= 4 is 48.4 Å². The molecule has 37 heavy (non-hydrogen) atoms. The second-order valence-corrected chi connectivity index (χ2v) is 14.3. The zero-order chi connectivity index (χ0) is 26.5. The van der Waals surface area contributed by atoms with E-state index in [1.54, 1.807) is 36.5 Å². The third-order valence-electron chi connectivity index (χ3n) is 7.77. The first kappa shape index (κ1) is 26.5. The van der Waals surface area contributed by atoms with Crippen molar-refractivity contribution in [3.05, 3.63) is 53.3 Å². The van der Waals surface area contributed by atoms with E-state index >= 15 is 0 Å². The maximum atomic E-state index is 13.3. The fourth-order valence-corrected chi connectivity index (χ4v) is 8.81. The van der Waals surface area contributed by atoms with Crippen LogP contribution in [0.25, 0.3) is 11.0 Å². The van der Waals surface area contributed by atoms with Crippen molar-refractivity contribution in [2.24, 2.45) is 5.92 Å². The van der Waals surface area contributed by atoms with Gasteiger partial charge in [0.05, 0.1) is 27.1 Å². The first-order valence-electron chi connectivity index (χ1n) is 12.8. The lowest BCUT2D eigenvalue weighted by molar-refractivity contribution is 0.403. The van der Waals surface area contributed by atoms with Crippen LogP contribution in [0.3, 0.4) is 0 Å². The minimum Gasteiger partial charge on any atom is -0.365 e. The molecule has 1 aromatic carbocycles. The number of benzene rings is 1. The Balaban J connectivity index is 1.51. The van der Waals surface area contributed by atoms with Gasteiger partial charge in [0.2, 0.25) is 10.0 Å². The van der Waals surface area contributed by atoms with Crippen LogP contribution in [0, 0.1) is 12.8 Å². The molecule has 2 heterocycles. The van der Waals surface area contributed by atoms with E-state index in [1.807, 2.05) is 13.8 Å². The van der Waals surface area contributed by atoms with Gasteiger partial charge in [-0.15, -0.1) is 0 Å². The van der Waals surface area contributed by atoms with Crippen LogP contribution in [0.5, 0.6) is 0 Å². The summed E-state index contributed by atoms with van der Waals surface area (Å²) in [5.74, 6) is 0.240. The number of fused-ring (bicyclic) bond motifs is 1. The van der Waals surface area contributed by atoms with Crippen LogP contribution >= 0.6 is 11.6 Å². The Bertz CT molecular complexity index is 1520. The van der Waals surface area contributed by atoms with Crippen LogP contribution in [0.4, 0.5) is 5.69 Å². The molecule has 0 saturated heterocycles. The van der Waals surface area contributed by atoms with E-state index in [0.717, 1.165) is 41.6 Å². The maximum absolute atomic E-state index is 13.3. The van der Waals surface area contributed by atoms with Gasteiger partial charge in [-0.1, -0.05) is 42.6 Å². The molecule has 2 aliphatic carbocycles. The van der Waals surface area contributed by atoms with Crippen LogP contribution in [0.2, 0.25) is 5.02 Å². The van der Waals surface area contributed by atoms with E-state index in [9.17, 15) is 16.8 Å². The highest BCUT2D eigenvalue weighted by Crippen LogP contribution is 2.40. The summed E-state index contributed by atoms with van der Waals surface area (Å²) in [6.45, 7) is 6.62. The maximum Gasteiger partial charge on any atom is 0.269 e. The number of nitrogens with one attached hydrogen (secondary N) is 1. The van der Waals surface area contributed by atoms with Crippen molar-refractivity contribution in [1.29, 1.82) is 0 Å². The van der Waals surface area contributed by atoms with E-state index in [1.165, 1.54) is 6.20 Å². The van der Waals surface area contributed by atoms with Gasteiger partial charge in [0.25, 0.3) is 10.0 Å². The van der Waals surface area contributed by atoms with E-state index in [2.05, 4.69) is 21.5 Å². The van der Waals surface area contributed by atoms with Crippen LogP contribution in [0.1, 0.15) is 51.5 Å². The van der Waals surface area contributed by atoms with Crippen molar-refractivity contribution in [1.82, 2.24) is 13.7 Å². The molecule has 200 valence electrons. The molecule has 3 atom stereocenters. The Labute approximate surface area is 224 Å². The number of hydrogen-bond acceptors (Lipinski definition) is 6. The van der Waals surface area contributed by atoms with E-state index < -0.39 is 20.0 Å². The van der Waals surface area contributed by atoms with Crippen LogP contribution < -0.4 is 9.62 Å². The SMILES string of the molecule is CC[C@@H]1CCC(N(CC)c2cnc3c(ccn3S(=O)(=O)c3ccc(C)cc3)c2Cl)[C@H]1NS(=O)(=O)C1CC1. The van der Waals surface area contributed by atoms with Gasteiger partial charge in [-0.25, -0.2) is 30.5 Å². The summed E-state index contributed by atoms with van der Waals surface area (Å²) < 4.78 is 56.5. The van der Waals surface area contributed by atoms with Crippen molar-refractivity contribution in [2.75, 3.05) is 11.4 Å². The molecule has 5 rings (SSSR count). The fourth-order valence-electron chi connectivity index (χ4n) is 5.53. The van der Waals surface area contributed by atoms with E-state index in [4.69, 9.17) is 11.6 Å². The molecule has 11 heteroatoms. The summed E-state index contributed by atoms with van der Waals surface area (Å²) in [6, 6.07) is 8.07. The van der Waals surface area contributed by atoms with Gasteiger partial charge < -0.3 is 4.90 Å². The Morgan fingerprint density at radius 1 is 1.05 bits per heavy atom. The zero-order valence-electron chi connectivity index (χ0n) is 21.3. The molecule has 1 unspecified atom stereocenters. The normalized spacial score (nSPS) is 22.5. The number of halogens is 1. The minimum absolute atomic E-state index is 0.0707. The molecular weight excluding hydrogens is 532 g/mol. The monoisotopic (exact) mass is 564 g/mol. The van der Waals surface area contributed by atoms with E-state index in [-0.39, 0.29) is 33.8 Å². The number of rotatable bonds is 9. The van der Waals surface area contributed by atoms with Crippen LogP contribution in [-0.2, 0) is 20.0 Å². The predicted molar refractivity (Wildman–Crippen MR) is 147 cm³/mol. The lowest BCUT2D eigenvalue weighted by Crippen LogP contribution is -2.52. The highest BCUT2D eigenvalue weighted by atomic mass is 35.5. The van der Waals surface area contributed by atoms with Crippen molar-refractivity contribution in [2.45, 2.75) is 75.1 Å². The lowest BCUT2D eigenvalue weighted by Gasteiger charge is -2.36. The number of hydrogen-bond donors (Lipinski definition) is 1. The number of aryl methyl sites for hydroxylation is 1. The largest absolute Gasteiger partial charge is 0.365 e. The van der Waals surface area contributed by atoms with Gasteiger partial charge in [0.1, 0.15) is 0 Å². The van der Waals surface area contributed by atoms with Gasteiger partial charge >= 0.3 is 0 Å². The molecule has 3 aromatic rings. The second kappa shape index (κ2) is 9.87. The molecule has 2 aliphatic rings. The molecular formula is C26H33ClN4O4S2. The molecule has 0 spiro atoms. The number of anilines is 1. The van der Waals surface area contributed by atoms with Crippen LogP contribution in [0.15, 0.2) is 47.6 Å². The number of sulfonamides is 1. The Morgan fingerprint density at radius 3 is 2.38 bits per heavy atom. The standard InChI is InChI=1S/C26H33ClN4O4S2/c1-4-18-8-13-22(25(18)29-36(32,33)19-11-12-19)30(5-2)23-16-28-26-21(24(23)27)14-15-31(26)37(34,35)20-9-6-17(3)7-10-20/h6-7,9-10,14-16,18-19,22,25,29H,4-5,8,11-13H2,1-3H3/t18-,22?,25+/m1/s1. The first-order chi connectivity index (χ1) is 17.6. The molecule has 2 aromatic heterocycles.